The van der Waals surface area contributed by atoms with Gasteiger partial charge in [-0.25, -0.2) is 15.0 Å². The van der Waals surface area contributed by atoms with Gasteiger partial charge in [0.15, 0.2) is 0 Å². The van der Waals surface area contributed by atoms with Crippen LogP contribution in [0.5, 0.6) is 0 Å². The van der Waals surface area contributed by atoms with E-state index in [1.54, 1.807) is 6.21 Å². The smallest absolute Gasteiger partial charge is 0.260 e. The predicted octanol–water partition coefficient (Wildman–Crippen LogP) is 0.933. The lowest BCUT2D eigenvalue weighted by molar-refractivity contribution is -0.118. The highest BCUT2D eigenvalue weighted by molar-refractivity contribution is 9.12. The lowest BCUT2D eigenvalue weighted by Gasteiger charge is -2.15. The van der Waals surface area contributed by atoms with Crippen LogP contribution >= 0.6 is 15.9 Å². The van der Waals surface area contributed by atoms with Gasteiger partial charge in [0.1, 0.15) is 12.3 Å². The Bertz CT molecular complexity index is 354. The molecule has 12 heavy (non-hydrogen) atoms. The molecule has 0 saturated carbocycles. The van der Waals surface area contributed by atoms with Crippen molar-refractivity contribution >= 4 is 40.6 Å². The van der Waals surface area contributed by atoms with E-state index in [9.17, 15) is 4.79 Å². The van der Waals surface area contributed by atoms with Crippen LogP contribution in [0, 0.1) is 5.92 Å². The van der Waals surface area contributed by atoms with Crippen molar-refractivity contribution in [2.24, 2.45) is 20.9 Å². The van der Waals surface area contributed by atoms with E-state index in [2.05, 4.69) is 30.9 Å². The van der Waals surface area contributed by atoms with Crippen LogP contribution in [-0.4, -0.2) is 24.7 Å². The maximum atomic E-state index is 11.2. The van der Waals surface area contributed by atoms with Gasteiger partial charge in [-0.15, -0.1) is 0 Å². The fraction of sp³-hybridized carbons (Fsp3) is 0.143. The van der Waals surface area contributed by atoms with E-state index in [1.165, 1.54) is 12.6 Å². The summed E-state index contributed by atoms with van der Waals surface area (Å²) < 4.78 is 0.745. The average Bonchev–Trinajstić information content (AvgIpc) is 2.12. The molecule has 2 heterocycles. The van der Waals surface area contributed by atoms with Crippen LogP contribution in [0.3, 0.4) is 0 Å². The molecule has 1 unspecified atom stereocenters. The quantitative estimate of drug-likeness (QED) is 0.606. The number of halogens is 1. The van der Waals surface area contributed by atoms with Crippen molar-refractivity contribution in [3.63, 3.8) is 0 Å². The minimum atomic E-state index is -0.394. The van der Waals surface area contributed by atoms with Crippen molar-refractivity contribution in [1.29, 1.82) is 0 Å². The standard InChI is InChI=1S/C7H4BrN3O/c8-5-2-10-7(12)4-1-9-3-11-6(4)5/h1-4H. The summed E-state index contributed by atoms with van der Waals surface area (Å²) in [5.74, 6) is -0.608. The Balaban J connectivity index is 2.51. The second kappa shape index (κ2) is 2.75. The summed E-state index contributed by atoms with van der Waals surface area (Å²) in [6.45, 7) is 0. The first-order chi connectivity index (χ1) is 5.79. The summed E-state index contributed by atoms with van der Waals surface area (Å²) in [7, 11) is 0. The van der Waals surface area contributed by atoms with Crippen molar-refractivity contribution < 1.29 is 4.79 Å². The van der Waals surface area contributed by atoms with Gasteiger partial charge >= 0.3 is 0 Å². The van der Waals surface area contributed by atoms with Gasteiger partial charge in [-0.2, -0.15) is 0 Å². The monoisotopic (exact) mass is 225 g/mol. The van der Waals surface area contributed by atoms with E-state index >= 15 is 0 Å². The van der Waals surface area contributed by atoms with Gasteiger partial charge in [-0.1, -0.05) is 0 Å². The Morgan fingerprint density at radius 3 is 3.00 bits per heavy atom. The van der Waals surface area contributed by atoms with E-state index in [4.69, 9.17) is 0 Å². The van der Waals surface area contributed by atoms with Crippen molar-refractivity contribution in [2.45, 2.75) is 0 Å². The number of allylic oxidation sites excluding steroid dienone is 1. The normalized spacial score (nSPS) is 26.4. The summed E-state index contributed by atoms with van der Waals surface area (Å²) in [5.41, 5.74) is 0.685. The van der Waals surface area contributed by atoms with Crippen LogP contribution in [-0.2, 0) is 4.79 Å². The van der Waals surface area contributed by atoms with Gasteiger partial charge in [0.2, 0.25) is 0 Å². The molecule has 4 nitrogen and oxygen atoms in total. The minimum absolute atomic E-state index is 0.214. The first kappa shape index (κ1) is 7.54. The minimum Gasteiger partial charge on any atom is -0.271 e. The summed E-state index contributed by atoms with van der Waals surface area (Å²) in [5, 5.41) is 0. The molecule has 0 N–H and O–H groups in total. The zero-order valence-electron chi connectivity index (χ0n) is 5.94. The van der Waals surface area contributed by atoms with E-state index < -0.39 is 5.92 Å². The number of hydrogen-bond acceptors (Lipinski definition) is 3. The Kier molecular flexibility index (Phi) is 1.73. The summed E-state index contributed by atoms with van der Waals surface area (Å²) in [6, 6.07) is 0. The number of nitrogens with zero attached hydrogens (tertiary/aromatic N) is 3. The first-order valence-corrected chi connectivity index (χ1v) is 4.12. The number of hydrogen-bond donors (Lipinski definition) is 0. The molecule has 0 radical (unpaired) electrons. The van der Waals surface area contributed by atoms with Crippen LogP contribution in [0.25, 0.3) is 0 Å². The topological polar surface area (TPSA) is 54.1 Å². The van der Waals surface area contributed by atoms with Crippen molar-refractivity contribution in [1.82, 2.24) is 0 Å². The van der Waals surface area contributed by atoms with Gasteiger partial charge in [0.25, 0.3) is 5.91 Å². The van der Waals surface area contributed by atoms with Crippen molar-refractivity contribution in [2.75, 3.05) is 0 Å². The molecule has 1 amide bonds. The highest BCUT2D eigenvalue weighted by atomic mass is 79.9. The number of fused-ring (bicyclic) bond motifs is 1. The molecule has 60 valence electrons. The highest BCUT2D eigenvalue weighted by Gasteiger charge is 2.26. The number of amides is 1. The maximum absolute atomic E-state index is 11.2. The number of dihydropyridines is 1. The Labute approximate surface area is 76.9 Å². The average molecular weight is 226 g/mol. The molecule has 0 aromatic rings. The van der Waals surface area contributed by atoms with Crippen LogP contribution in [0.2, 0.25) is 0 Å². The zero-order valence-corrected chi connectivity index (χ0v) is 7.52. The van der Waals surface area contributed by atoms with Gasteiger partial charge in [-0.3, -0.25) is 4.79 Å². The molecule has 0 aromatic carbocycles. The molecule has 0 aromatic heterocycles. The number of carbonyl (C=O) groups is 1. The lowest BCUT2D eigenvalue weighted by atomic mass is 10.0. The fourth-order valence-corrected chi connectivity index (χ4v) is 1.48. The summed E-state index contributed by atoms with van der Waals surface area (Å²) >= 11 is 3.26. The van der Waals surface area contributed by atoms with E-state index in [0.717, 1.165) is 4.48 Å². The molecule has 0 bridgehead atoms. The third kappa shape index (κ3) is 1.06. The predicted molar refractivity (Wildman–Crippen MR) is 49.9 cm³/mol. The van der Waals surface area contributed by atoms with Crippen LogP contribution < -0.4 is 0 Å². The van der Waals surface area contributed by atoms with Gasteiger partial charge in [0, 0.05) is 12.4 Å². The molecular formula is C7H4BrN3O. The number of aliphatic imine (C=N–C) groups is 3. The van der Waals surface area contributed by atoms with Crippen molar-refractivity contribution in [3.8, 4) is 0 Å². The molecular weight excluding hydrogens is 222 g/mol. The largest absolute Gasteiger partial charge is 0.271 e. The third-order valence-electron chi connectivity index (χ3n) is 1.61. The first-order valence-electron chi connectivity index (χ1n) is 3.32. The molecule has 5 heteroatoms. The highest BCUT2D eigenvalue weighted by Crippen LogP contribution is 2.25. The summed E-state index contributed by atoms with van der Waals surface area (Å²) in [4.78, 5) is 22.6. The second-order valence-electron chi connectivity index (χ2n) is 2.35. The van der Waals surface area contributed by atoms with E-state index in [0.29, 0.717) is 5.70 Å². The zero-order chi connectivity index (χ0) is 8.55. The van der Waals surface area contributed by atoms with Gasteiger partial charge < -0.3 is 0 Å². The van der Waals surface area contributed by atoms with E-state index in [1.807, 2.05) is 0 Å². The molecule has 2 aliphatic heterocycles. The van der Waals surface area contributed by atoms with Crippen LogP contribution in [0.4, 0.5) is 0 Å². The number of carbonyl (C=O) groups excluding carboxylic acids is 1. The molecule has 0 spiro atoms. The Morgan fingerprint density at radius 1 is 1.42 bits per heavy atom. The maximum Gasteiger partial charge on any atom is 0.260 e. The Hall–Kier alpha value is -1.10. The summed E-state index contributed by atoms with van der Waals surface area (Å²) in [6.07, 6.45) is 4.42. The molecule has 0 fully saturated rings. The fourth-order valence-electron chi connectivity index (χ4n) is 1.03. The van der Waals surface area contributed by atoms with Crippen LogP contribution in [0.15, 0.2) is 25.2 Å². The van der Waals surface area contributed by atoms with Crippen LogP contribution in [0.1, 0.15) is 0 Å². The van der Waals surface area contributed by atoms with E-state index in [-0.39, 0.29) is 5.91 Å². The lowest BCUT2D eigenvalue weighted by Crippen LogP contribution is -2.22. The second-order valence-corrected chi connectivity index (χ2v) is 3.20. The molecule has 1 atom stereocenters. The van der Waals surface area contributed by atoms with Gasteiger partial charge in [-0.05, 0) is 15.9 Å². The molecule has 0 saturated heterocycles. The number of rotatable bonds is 0. The third-order valence-corrected chi connectivity index (χ3v) is 2.22. The van der Waals surface area contributed by atoms with Gasteiger partial charge in [0.05, 0.1) is 10.2 Å². The molecule has 2 rings (SSSR count). The molecule has 0 aliphatic carbocycles. The SMILES string of the molecule is O=C1N=CC(Br)=C2N=CN=CC12. The van der Waals surface area contributed by atoms with Crippen molar-refractivity contribution in [3.05, 3.63) is 10.2 Å². The Morgan fingerprint density at radius 2 is 2.25 bits per heavy atom. The molecule has 2 aliphatic rings.